The van der Waals surface area contributed by atoms with Crippen LogP contribution in [0.25, 0.3) is 0 Å². The maximum absolute atomic E-state index is 12.2. The molecule has 0 bridgehead atoms. The normalized spacial score (nSPS) is 47.2. The summed E-state index contributed by atoms with van der Waals surface area (Å²) in [5, 5.41) is 10.9. The smallest absolute Gasteiger partial charge is 0.409 e. The second kappa shape index (κ2) is 10.8. The van der Waals surface area contributed by atoms with Gasteiger partial charge in [-0.2, -0.15) is 0 Å². The Morgan fingerprint density at radius 1 is 1.00 bits per heavy atom. The van der Waals surface area contributed by atoms with Crippen molar-refractivity contribution in [1.82, 2.24) is 4.90 Å². The van der Waals surface area contributed by atoms with Crippen molar-refractivity contribution in [3.63, 3.8) is 0 Å². The molecule has 0 aromatic heterocycles. The van der Waals surface area contributed by atoms with E-state index in [2.05, 4.69) is 20.8 Å². The van der Waals surface area contributed by atoms with Crippen LogP contribution in [0.4, 0.5) is 4.79 Å². The van der Waals surface area contributed by atoms with Crippen molar-refractivity contribution in [2.75, 3.05) is 26.8 Å². The summed E-state index contributed by atoms with van der Waals surface area (Å²) in [5.41, 5.74) is 0.0113. The van der Waals surface area contributed by atoms with Gasteiger partial charge < -0.3 is 33.7 Å². The number of esters is 1. The van der Waals surface area contributed by atoms with E-state index in [4.69, 9.17) is 23.7 Å². The summed E-state index contributed by atoms with van der Waals surface area (Å²) in [7, 11) is 1.43. The van der Waals surface area contributed by atoms with Gasteiger partial charge in [-0.1, -0.05) is 20.8 Å². The molecule has 9 heteroatoms. The van der Waals surface area contributed by atoms with E-state index in [1.165, 1.54) is 52.6 Å². The molecule has 7 fully saturated rings. The highest BCUT2D eigenvalue weighted by Crippen LogP contribution is 2.87. The zero-order valence-electron chi connectivity index (χ0n) is 28.6. The number of hydrogen-bond donors (Lipinski definition) is 1. The third-order valence-electron chi connectivity index (χ3n) is 14.7. The minimum atomic E-state index is -1.15. The van der Waals surface area contributed by atoms with E-state index in [0.717, 1.165) is 31.6 Å². The fourth-order valence-corrected chi connectivity index (χ4v) is 12.7. The second-order valence-corrected chi connectivity index (χ2v) is 17.4. The molecule has 45 heavy (non-hydrogen) atoms. The van der Waals surface area contributed by atoms with Crippen molar-refractivity contribution in [2.45, 2.75) is 142 Å². The van der Waals surface area contributed by atoms with Crippen LogP contribution in [0.15, 0.2) is 0 Å². The van der Waals surface area contributed by atoms with Crippen molar-refractivity contribution in [3.05, 3.63) is 0 Å². The van der Waals surface area contributed by atoms with Crippen LogP contribution in [0, 0.1) is 45.3 Å². The molecule has 9 unspecified atom stereocenters. The van der Waals surface area contributed by atoms with Crippen LogP contribution in [-0.2, 0) is 28.5 Å². The van der Waals surface area contributed by atoms with Gasteiger partial charge in [-0.05, 0) is 123 Å². The monoisotopic (exact) mass is 633 g/mol. The molecule has 9 nitrogen and oxygen atoms in total. The number of fused-ring (bicyclic) bond motifs is 4. The first-order valence-electron chi connectivity index (χ1n) is 17.8. The molecule has 2 saturated heterocycles. The van der Waals surface area contributed by atoms with Crippen molar-refractivity contribution < 1.29 is 39.8 Å². The highest BCUT2D eigenvalue weighted by atomic mass is 16.7. The van der Waals surface area contributed by atoms with Gasteiger partial charge >= 0.3 is 12.1 Å². The van der Waals surface area contributed by atoms with Crippen molar-refractivity contribution in [3.8, 4) is 0 Å². The first kappa shape index (κ1) is 32.1. The second-order valence-electron chi connectivity index (χ2n) is 17.4. The standard InChI is InChI=1S/C36H57NO8.H2/c1-21(38)43-30(33(4,5)40)25-10-8-23-26(44-25)18-24-22-9-11-27-32(2,3)28(45-29-19-37(16-17-42-29)31(39)41-7)12-13-36(27)20-35(22,36)15-14-34(23,24)6;/h22-30,40H,8-20H2,1-7H3;1H/t22?,23?,24?,25?,26?,27?,28-,29?,30-,34?,35-,36?;/m0./s1. The number of methoxy groups -OCH3 is 1. The molecule has 7 aliphatic rings. The molecule has 256 valence electrons. The number of aliphatic hydroxyl groups is 1. The average molecular weight is 634 g/mol. The number of hydrogen-bond acceptors (Lipinski definition) is 8. The van der Waals surface area contributed by atoms with Gasteiger partial charge in [0.1, 0.15) is 0 Å². The lowest BCUT2D eigenvalue weighted by atomic mass is 9.46. The van der Waals surface area contributed by atoms with Gasteiger partial charge in [0.05, 0.1) is 44.2 Å². The number of ether oxygens (including phenoxy) is 5. The maximum Gasteiger partial charge on any atom is 0.409 e. The van der Waals surface area contributed by atoms with Crippen LogP contribution in [-0.4, -0.2) is 85.2 Å². The summed E-state index contributed by atoms with van der Waals surface area (Å²) in [5.74, 6) is 2.19. The van der Waals surface area contributed by atoms with Crippen LogP contribution in [0.3, 0.4) is 0 Å². The Bertz CT molecular complexity index is 1190. The van der Waals surface area contributed by atoms with E-state index >= 15 is 0 Å². The van der Waals surface area contributed by atoms with E-state index in [1.807, 2.05) is 0 Å². The Morgan fingerprint density at radius 2 is 1.76 bits per heavy atom. The van der Waals surface area contributed by atoms with Crippen LogP contribution < -0.4 is 0 Å². The number of amides is 1. The minimum Gasteiger partial charge on any atom is -0.457 e. The molecule has 12 atom stereocenters. The van der Waals surface area contributed by atoms with Gasteiger partial charge in [0.15, 0.2) is 12.4 Å². The fraction of sp³-hybridized carbons (Fsp3) is 0.944. The summed E-state index contributed by atoms with van der Waals surface area (Å²) < 4.78 is 30.2. The predicted octanol–water partition coefficient (Wildman–Crippen LogP) is 5.95. The average Bonchev–Trinajstić information content (AvgIpc) is 3.56. The first-order valence-corrected chi connectivity index (χ1v) is 17.8. The zero-order valence-corrected chi connectivity index (χ0v) is 28.6. The van der Waals surface area contributed by atoms with Crippen molar-refractivity contribution in [2.24, 2.45) is 45.3 Å². The lowest BCUT2D eigenvalue weighted by molar-refractivity contribution is -0.242. The third kappa shape index (κ3) is 4.82. The summed E-state index contributed by atoms with van der Waals surface area (Å²) in [6.45, 7) is 13.7. The molecular weight excluding hydrogens is 574 g/mol. The predicted molar refractivity (Wildman–Crippen MR) is 168 cm³/mol. The fourth-order valence-electron chi connectivity index (χ4n) is 12.7. The lowest BCUT2D eigenvalue weighted by Gasteiger charge is -2.60. The van der Waals surface area contributed by atoms with Crippen LogP contribution in [0.1, 0.15) is 107 Å². The Balaban J connectivity index is 0.00000372. The summed E-state index contributed by atoms with van der Waals surface area (Å²) in [6.07, 6.45) is 10.4. The highest BCUT2D eigenvalue weighted by molar-refractivity contribution is 5.67. The Morgan fingerprint density at radius 3 is 2.47 bits per heavy atom. The molecule has 1 amide bonds. The van der Waals surface area contributed by atoms with E-state index < -0.39 is 18.0 Å². The number of nitrogens with zero attached hydrogens (tertiary/aromatic N) is 1. The van der Waals surface area contributed by atoms with Crippen LogP contribution in [0.2, 0.25) is 0 Å². The summed E-state index contributed by atoms with van der Waals surface area (Å²) >= 11 is 0. The summed E-state index contributed by atoms with van der Waals surface area (Å²) in [6, 6.07) is 0. The Kier molecular flexibility index (Phi) is 7.71. The zero-order chi connectivity index (χ0) is 32.2. The number of morpholine rings is 1. The van der Waals surface area contributed by atoms with Gasteiger partial charge in [0.25, 0.3) is 0 Å². The number of carbonyl (C=O) groups is 2. The number of rotatable bonds is 5. The van der Waals surface area contributed by atoms with E-state index in [1.54, 1.807) is 18.7 Å². The minimum absolute atomic E-state index is 0. The molecule has 0 aromatic rings. The molecule has 2 spiro atoms. The molecule has 0 radical (unpaired) electrons. The van der Waals surface area contributed by atoms with E-state index in [0.29, 0.717) is 48.3 Å². The highest BCUT2D eigenvalue weighted by Gasteiger charge is 2.80. The summed E-state index contributed by atoms with van der Waals surface area (Å²) in [4.78, 5) is 25.8. The molecule has 2 aliphatic heterocycles. The van der Waals surface area contributed by atoms with Gasteiger partial charge in [-0.15, -0.1) is 0 Å². The van der Waals surface area contributed by atoms with Crippen molar-refractivity contribution >= 4 is 12.1 Å². The largest absolute Gasteiger partial charge is 0.457 e. The van der Waals surface area contributed by atoms with Crippen LogP contribution in [0.5, 0.6) is 0 Å². The molecule has 5 saturated carbocycles. The first-order chi connectivity index (χ1) is 21.2. The van der Waals surface area contributed by atoms with Gasteiger partial charge in [-0.25, -0.2) is 4.79 Å². The van der Waals surface area contributed by atoms with Crippen molar-refractivity contribution in [1.29, 1.82) is 0 Å². The SMILES string of the molecule is COC(=O)N1CCOC(O[C@H]2CCC34C[C@]35CCC3(C)C6CCC([C@H](OC(C)=O)C(C)(C)O)OC6CC3C5CCC4C2(C)C)C1.[HH]. The number of carbonyl (C=O) groups excluding carboxylic acids is 2. The van der Waals surface area contributed by atoms with Gasteiger partial charge in [0.2, 0.25) is 0 Å². The Labute approximate surface area is 270 Å². The van der Waals surface area contributed by atoms with E-state index in [-0.39, 0.29) is 42.6 Å². The topological polar surface area (TPSA) is 104 Å². The molecule has 1 N–H and O–H groups in total. The lowest BCUT2D eigenvalue weighted by Crippen LogP contribution is -2.56. The van der Waals surface area contributed by atoms with Gasteiger partial charge in [-0.3, -0.25) is 4.79 Å². The van der Waals surface area contributed by atoms with Gasteiger partial charge in [0, 0.05) is 14.9 Å². The maximum atomic E-state index is 12.2. The molecule has 2 heterocycles. The Hall–Kier alpha value is -1.42. The third-order valence-corrected chi connectivity index (χ3v) is 14.7. The molecular formula is C36H59NO8. The quantitative estimate of drug-likeness (QED) is 0.371. The van der Waals surface area contributed by atoms with E-state index in [9.17, 15) is 14.7 Å². The molecule has 0 aromatic carbocycles. The van der Waals surface area contributed by atoms with Crippen LogP contribution >= 0.6 is 0 Å². The molecule has 5 aliphatic carbocycles. The molecule has 7 rings (SSSR count).